The number of hydrogen-bond acceptors (Lipinski definition) is 4. The topological polar surface area (TPSA) is 106 Å². The van der Waals surface area contributed by atoms with E-state index in [1.807, 2.05) is 6.07 Å². The number of nitrogens with zero attached hydrogens (tertiary/aromatic N) is 3. The van der Waals surface area contributed by atoms with Gasteiger partial charge in [-0.1, -0.05) is 6.07 Å². The average molecular weight is 336 g/mol. The molecule has 25 heavy (non-hydrogen) atoms. The van der Waals surface area contributed by atoms with Gasteiger partial charge in [-0.05, 0) is 42.5 Å². The quantitative estimate of drug-likeness (QED) is 0.681. The van der Waals surface area contributed by atoms with E-state index in [0.29, 0.717) is 28.5 Å². The lowest BCUT2D eigenvalue weighted by Crippen LogP contribution is -2.28. The van der Waals surface area contributed by atoms with Crippen LogP contribution in [-0.2, 0) is 6.54 Å². The Morgan fingerprint density at radius 2 is 2.04 bits per heavy atom. The molecule has 0 fully saturated rings. The fourth-order valence-corrected chi connectivity index (χ4v) is 2.11. The number of carbonyl (C=O) groups is 1. The highest BCUT2D eigenvalue weighted by atomic mass is 19.1. The van der Waals surface area contributed by atoms with Crippen molar-refractivity contribution < 1.29 is 9.18 Å². The number of amides is 2. The predicted octanol–water partition coefficient (Wildman–Crippen LogP) is 2.80. The van der Waals surface area contributed by atoms with Crippen molar-refractivity contribution in [1.29, 1.82) is 5.26 Å². The number of H-pyrrole nitrogens is 1. The van der Waals surface area contributed by atoms with Crippen LogP contribution < -0.4 is 10.6 Å². The van der Waals surface area contributed by atoms with E-state index in [9.17, 15) is 9.18 Å². The minimum Gasteiger partial charge on any atom is -0.331 e. The first kappa shape index (κ1) is 16.1. The first-order chi connectivity index (χ1) is 12.1. The van der Waals surface area contributed by atoms with Crippen LogP contribution >= 0.6 is 0 Å². The molecule has 0 unspecified atom stereocenters. The lowest BCUT2D eigenvalue weighted by Gasteiger charge is -2.06. The van der Waals surface area contributed by atoms with Gasteiger partial charge < -0.3 is 10.6 Å². The lowest BCUT2D eigenvalue weighted by atomic mass is 10.2. The smallest absolute Gasteiger partial charge is 0.319 e. The highest BCUT2D eigenvalue weighted by Crippen LogP contribution is 2.15. The van der Waals surface area contributed by atoms with Crippen molar-refractivity contribution in [3.63, 3.8) is 0 Å². The lowest BCUT2D eigenvalue weighted by molar-refractivity contribution is 0.251. The van der Waals surface area contributed by atoms with Crippen LogP contribution in [0.25, 0.3) is 11.4 Å². The Labute approximate surface area is 142 Å². The minimum atomic E-state index is -0.435. The van der Waals surface area contributed by atoms with E-state index in [2.05, 4.69) is 25.8 Å². The molecule has 2 amide bonds. The maximum atomic E-state index is 12.9. The molecule has 1 heterocycles. The zero-order chi connectivity index (χ0) is 17.6. The summed E-state index contributed by atoms with van der Waals surface area (Å²) in [4.78, 5) is 16.1. The van der Waals surface area contributed by atoms with Crippen LogP contribution in [-0.4, -0.2) is 21.2 Å². The Balaban J connectivity index is 1.57. The summed E-state index contributed by atoms with van der Waals surface area (Å²) < 4.78 is 12.9. The number of aromatic amines is 1. The largest absolute Gasteiger partial charge is 0.331 e. The van der Waals surface area contributed by atoms with Gasteiger partial charge in [-0.3, -0.25) is 5.10 Å². The van der Waals surface area contributed by atoms with Crippen molar-refractivity contribution in [1.82, 2.24) is 20.5 Å². The molecule has 3 rings (SSSR count). The Bertz CT molecular complexity index is 929. The molecule has 8 heteroatoms. The van der Waals surface area contributed by atoms with Gasteiger partial charge in [0.15, 0.2) is 5.82 Å². The number of urea groups is 1. The van der Waals surface area contributed by atoms with Gasteiger partial charge in [-0.15, -0.1) is 0 Å². The molecule has 0 saturated heterocycles. The summed E-state index contributed by atoms with van der Waals surface area (Å²) in [5.74, 6) is 0.539. The molecule has 0 radical (unpaired) electrons. The molecule has 0 aliphatic rings. The molecule has 7 nitrogen and oxygen atoms in total. The molecular weight excluding hydrogens is 323 g/mol. The van der Waals surface area contributed by atoms with E-state index < -0.39 is 6.03 Å². The molecule has 3 N–H and O–H groups in total. The van der Waals surface area contributed by atoms with Crippen molar-refractivity contribution in [2.45, 2.75) is 6.54 Å². The van der Waals surface area contributed by atoms with Crippen LogP contribution in [0.4, 0.5) is 14.9 Å². The van der Waals surface area contributed by atoms with Crippen molar-refractivity contribution in [2.75, 3.05) is 5.32 Å². The second-order valence-corrected chi connectivity index (χ2v) is 5.11. The summed E-state index contributed by atoms with van der Waals surface area (Å²) in [6, 6.07) is 13.9. The van der Waals surface area contributed by atoms with Crippen LogP contribution in [0.3, 0.4) is 0 Å². The molecule has 0 aliphatic heterocycles. The Kier molecular flexibility index (Phi) is 4.67. The van der Waals surface area contributed by atoms with Gasteiger partial charge in [0.1, 0.15) is 11.6 Å². The molecular formula is C17H13FN6O. The SMILES string of the molecule is N#Cc1cccc(NC(=O)NCc2nc(-c3ccc(F)cc3)n[nH]2)c1. The molecule has 0 atom stereocenters. The highest BCUT2D eigenvalue weighted by molar-refractivity contribution is 5.89. The number of anilines is 1. The predicted molar refractivity (Wildman–Crippen MR) is 88.8 cm³/mol. The third-order valence-electron chi connectivity index (χ3n) is 3.30. The Morgan fingerprint density at radius 1 is 1.24 bits per heavy atom. The molecule has 0 spiro atoms. The van der Waals surface area contributed by atoms with Crippen molar-refractivity contribution >= 4 is 11.7 Å². The standard InChI is InChI=1S/C17H13FN6O/c18-13-6-4-12(5-7-13)16-22-15(23-24-16)10-20-17(25)21-14-3-1-2-11(8-14)9-19/h1-8H,10H2,(H2,20,21,25)(H,22,23,24). The monoisotopic (exact) mass is 336 g/mol. The molecule has 0 bridgehead atoms. The second-order valence-electron chi connectivity index (χ2n) is 5.11. The molecule has 0 saturated carbocycles. The van der Waals surface area contributed by atoms with E-state index >= 15 is 0 Å². The molecule has 0 aliphatic carbocycles. The summed E-state index contributed by atoms with van der Waals surface area (Å²) in [7, 11) is 0. The number of aromatic nitrogens is 3. The van der Waals surface area contributed by atoms with Gasteiger partial charge in [-0.2, -0.15) is 10.4 Å². The minimum absolute atomic E-state index is 0.137. The Hall–Kier alpha value is -3.73. The van der Waals surface area contributed by atoms with Gasteiger partial charge in [0.05, 0.1) is 18.2 Å². The first-order valence-corrected chi connectivity index (χ1v) is 7.36. The fourth-order valence-electron chi connectivity index (χ4n) is 2.11. The van der Waals surface area contributed by atoms with Gasteiger partial charge in [0.2, 0.25) is 0 Å². The molecule has 3 aromatic rings. The number of nitrogens with one attached hydrogen (secondary N) is 3. The maximum Gasteiger partial charge on any atom is 0.319 e. The van der Waals surface area contributed by atoms with Crippen LogP contribution in [0.15, 0.2) is 48.5 Å². The van der Waals surface area contributed by atoms with Crippen molar-refractivity contribution in [3.8, 4) is 17.5 Å². The first-order valence-electron chi connectivity index (χ1n) is 7.36. The van der Waals surface area contributed by atoms with Crippen LogP contribution in [0.2, 0.25) is 0 Å². The van der Waals surface area contributed by atoms with E-state index in [1.54, 1.807) is 36.4 Å². The molecule has 1 aromatic heterocycles. The number of benzene rings is 2. The number of carbonyl (C=O) groups excluding carboxylic acids is 1. The van der Waals surface area contributed by atoms with Crippen molar-refractivity contribution in [2.24, 2.45) is 0 Å². The Morgan fingerprint density at radius 3 is 2.80 bits per heavy atom. The summed E-state index contributed by atoms with van der Waals surface area (Å²) in [6.45, 7) is 0.137. The zero-order valence-corrected chi connectivity index (χ0v) is 13.0. The summed E-state index contributed by atoms with van der Waals surface area (Å²) in [5, 5.41) is 20.9. The van der Waals surface area contributed by atoms with Crippen LogP contribution in [0.1, 0.15) is 11.4 Å². The van der Waals surface area contributed by atoms with E-state index in [1.165, 1.54) is 12.1 Å². The highest BCUT2D eigenvalue weighted by Gasteiger charge is 2.08. The normalized spacial score (nSPS) is 10.1. The van der Waals surface area contributed by atoms with E-state index in [0.717, 1.165) is 0 Å². The van der Waals surface area contributed by atoms with Gasteiger partial charge in [0, 0.05) is 11.3 Å². The van der Waals surface area contributed by atoms with Crippen LogP contribution in [0, 0.1) is 17.1 Å². The molecule has 2 aromatic carbocycles. The molecule has 124 valence electrons. The summed E-state index contributed by atoms with van der Waals surface area (Å²) >= 11 is 0. The van der Waals surface area contributed by atoms with Crippen LogP contribution in [0.5, 0.6) is 0 Å². The third-order valence-corrected chi connectivity index (χ3v) is 3.30. The van der Waals surface area contributed by atoms with Gasteiger partial charge in [0.25, 0.3) is 0 Å². The number of nitriles is 1. The van der Waals surface area contributed by atoms with Crippen molar-refractivity contribution in [3.05, 3.63) is 65.7 Å². The van der Waals surface area contributed by atoms with E-state index in [4.69, 9.17) is 5.26 Å². The van der Waals surface area contributed by atoms with Gasteiger partial charge >= 0.3 is 6.03 Å². The second kappa shape index (κ2) is 7.23. The average Bonchev–Trinajstić information content (AvgIpc) is 3.10. The summed E-state index contributed by atoms with van der Waals surface area (Å²) in [6.07, 6.45) is 0. The summed E-state index contributed by atoms with van der Waals surface area (Å²) in [5.41, 5.74) is 1.64. The van der Waals surface area contributed by atoms with E-state index in [-0.39, 0.29) is 12.4 Å². The van der Waals surface area contributed by atoms with Gasteiger partial charge in [-0.25, -0.2) is 14.2 Å². The zero-order valence-electron chi connectivity index (χ0n) is 13.0. The number of rotatable bonds is 4. The third kappa shape index (κ3) is 4.17. The maximum absolute atomic E-state index is 12.9. The number of halogens is 1. The fraction of sp³-hybridized carbons (Fsp3) is 0.0588. The number of hydrogen-bond donors (Lipinski definition) is 3.